The Kier molecular flexibility index (Phi) is 8.38. The molecule has 0 heterocycles. The molecular weight excluding hydrogens is 272 g/mol. The van der Waals surface area contributed by atoms with Crippen LogP contribution >= 0.6 is 11.8 Å². The van der Waals surface area contributed by atoms with Crippen molar-refractivity contribution in [1.82, 2.24) is 10.6 Å². The Labute approximate surface area is 127 Å². The highest BCUT2D eigenvalue weighted by atomic mass is 32.2. The third-order valence-corrected chi connectivity index (χ3v) is 5.29. The second kappa shape index (κ2) is 9.50. The number of rotatable bonds is 7. The van der Waals surface area contributed by atoms with Crippen molar-refractivity contribution >= 4 is 17.8 Å². The normalized spacial score (nSPS) is 24.4. The zero-order valence-electron chi connectivity index (χ0n) is 13.0. The Morgan fingerprint density at radius 3 is 2.65 bits per heavy atom. The van der Waals surface area contributed by atoms with Gasteiger partial charge in [-0.3, -0.25) is 0 Å². The number of amides is 2. The van der Waals surface area contributed by atoms with Crippen molar-refractivity contribution in [2.75, 3.05) is 12.4 Å². The summed E-state index contributed by atoms with van der Waals surface area (Å²) in [5.74, 6) is 1.43. The highest BCUT2D eigenvalue weighted by Gasteiger charge is 2.27. The van der Waals surface area contributed by atoms with Crippen LogP contribution in [-0.4, -0.2) is 40.8 Å². The number of aliphatic hydroxyl groups excluding tert-OH is 1. The summed E-state index contributed by atoms with van der Waals surface area (Å²) in [6, 6.07) is 0.252. The maximum absolute atomic E-state index is 12.1. The van der Waals surface area contributed by atoms with Crippen LogP contribution in [-0.2, 0) is 0 Å². The van der Waals surface area contributed by atoms with Crippen molar-refractivity contribution in [2.45, 2.75) is 70.2 Å². The van der Waals surface area contributed by atoms with Crippen LogP contribution in [0.3, 0.4) is 0 Å². The van der Waals surface area contributed by atoms with E-state index < -0.39 is 0 Å². The molecule has 0 aromatic carbocycles. The minimum atomic E-state index is -0.0780. The fourth-order valence-electron chi connectivity index (χ4n) is 2.77. The number of carbonyl (C=O) groups excluding carboxylic acids is 1. The average Bonchev–Trinajstić information content (AvgIpc) is 2.40. The van der Waals surface area contributed by atoms with E-state index in [0.29, 0.717) is 17.6 Å². The van der Waals surface area contributed by atoms with Gasteiger partial charge < -0.3 is 15.7 Å². The molecule has 3 atom stereocenters. The summed E-state index contributed by atoms with van der Waals surface area (Å²) in [6.07, 6.45) is 5.38. The molecule has 20 heavy (non-hydrogen) atoms. The fourth-order valence-corrected chi connectivity index (χ4v) is 3.96. The van der Waals surface area contributed by atoms with Gasteiger partial charge in [-0.1, -0.05) is 33.6 Å². The number of hydrogen-bond donors (Lipinski definition) is 3. The molecule has 0 aromatic heterocycles. The van der Waals surface area contributed by atoms with Gasteiger partial charge in [-0.15, -0.1) is 0 Å². The van der Waals surface area contributed by atoms with E-state index in [2.05, 4.69) is 31.4 Å². The number of hydrogen-bond acceptors (Lipinski definition) is 3. The van der Waals surface area contributed by atoms with Crippen LogP contribution in [0.25, 0.3) is 0 Å². The Bertz CT molecular complexity index is 285. The first-order chi connectivity index (χ1) is 9.58. The predicted octanol–water partition coefficient (Wildman–Crippen LogP) is 2.76. The average molecular weight is 302 g/mol. The van der Waals surface area contributed by atoms with Crippen molar-refractivity contribution in [1.29, 1.82) is 0 Å². The monoisotopic (exact) mass is 302 g/mol. The van der Waals surface area contributed by atoms with Gasteiger partial charge in [0.05, 0.1) is 0 Å². The van der Waals surface area contributed by atoms with Gasteiger partial charge >= 0.3 is 6.03 Å². The van der Waals surface area contributed by atoms with Crippen LogP contribution < -0.4 is 10.6 Å². The van der Waals surface area contributed by atoms with E-state index in [0.717, 1.165) is 12.2 Å². The molecule has 4 nitrogen and oxygen atoms in total. The molecule has 1 fully saturated rings. The highest BCUT2D eigenvalue weighted by molar-refractivity contribution is 7.99. The van der Waals surface area contributed by atoms with Crippen molar-refractivity contribution < 1.29 is 9.90 Å². The van der Waals surface area contributed by atoms with Crippen LogP contribution in [0, 0.1) is 5.92 Å². The summed E-state index contributed by atoms with van der Waals surface area (Å²) in [5, 5.41) is 15.8. The molecule has 3 N–H and O–H groups in total. The van der Waals surface area contributed by atoms with Crippen LogP contribution in [0.1, 0.15) is 52.9 Å². The second-order valence-electron chi connectivity index (χ2n) is 5.87. The SMILES string of the molecule is CCSC1CCCCC1NC(=O)NC(CCO)C(C)C. The molecule has 0 saturated heterocycles. The summed E-state index contributed by atoms with van der Waals surface area (Å²) in [4.78, 5) is 12.1. The predicted molar refractivity (Wildman–Crippen MR) is 86.2 cm³/mol. The Morgan fingerprint density at radius 2 is 2.05 bits per heavy atom. The molecule has 118 valence electrons. The number of nitrogens with one attached hydrogen (secondary N) is 2. The van der Waals surface area contributed by atoms with Gasteiger partial charge in [0, 0.05) is 23.9 Å². The zero-order chi connectivity index (χ0) is 15.0. The summed E-state index contributed by atoms with van der Waals surface area (Å²) >= 11 is 1.96. The number of aliphatic hydroxyl groups is 1. The van der Waals surface area contributed by atoms with Crippen molar-refractivity contribution in [2.24, 2.45) is 5.92 Å². The first kappa shape index (κ1) is 17.6. The summed E-state index contributed by atoms with van der Waals surface area (Å²) in [5.41, 5.74) is 0. The second-order valence-corrected chi connectivity index (χ2v) is 7.38. The van der Waals surface area contributed by atoms with Crippen LogP contribution in [0.5, 0.6) is 0 Å². The Hall–Kier alpha value is -0.420. The molecule has 1 aliphatic rings. The summed E-state index contributed by atoms with van der Waals surface area (Å²) in [7, 11) is 0. The Morgan fingerprint density at radius 1 is 1.35 bits per heavy atom. The lowest BCUT2D eigenvalue weighted by molar-refractivity contribution is 0.213. The van der Waals surface area contributed by atoms with Crippen LogP contribution in [0.15, 0.2) is 0 Å². The summed E-state index contributed by atoms with van der Waals surface area (Å²) in [6.45, 7) is 6.42. The van der Waals surface area contributed by atoms with Gasteiger partial charge in [0.25, 0.3) is 0 Å². The topological polar surface area (TPSA) is 61.4 Å². The standard InChI is InChI=1S/C15H30N2O2S/c1-4-20-14-8-6-5-7-13(14)17-15(19)16-12(9-10-18)11(2)3/h11-14,18H,4-10H2,1-3H3,(H2,16,17,19). The first-order valence-corrected chi connectivity index (χ1v) is 8.92. The molecular formula is C15H30N2O2S. The van der Waals surface area contributed by atoms with E-state index in [9.17, 15) is 4.79 Å². The molecule has 0 aliphatic heterocycles. The molecule has 0 spiro atoms. The van der Waals surface area contributed by atoms with Gasteiger partial charge in [0.1, 0.15) is 0 Å². The van der Waals surface area contributed by atoms with Crippen molar-refractivity contribution in [3.63, 3.8) is 0 Å². The lowest BCUT2D eigenvalue weighted by Crippen LogP contribution is -2.51. The molecule has 0 radical (unpaired) electrons. The first-order valence-electron chi connectivity index (χ1n) is 7.88. The molecule has 2 amide bonds. The maximum atomic E-state index is 12.1. The van der Waals surface area contributed by atoms with Crippen LogP contribution in [0.2, 0.25) is 0 Å². The quantitative estimate of drug-likeness (QED) is 0.677. The number of urea groups is 1. The molecule has 1 aliphatic carbocycles. The van der Waals surface area contributed by atoms with Crippen molar-refractivity contribution in [3.05, 3.63) is 0 Å². The maximum Gasteiger partial charge on any atom is 0.315 e. The van der Waals surface area contributed by atoms with Crippen LogP contribution in [0.4, 0.5) is 4.79 Å². The fraction of sp³-hybridized carbons (Fsp3) is 0.933. The van der Waals surface area contributed by atoms with Gasteiger partial charge in [0.15, 0.2) is 0 Å². The van der Waals surface area contributed by atoms with Gasteiger partial charge in [-0.05, 0) is 30.9 Å². The molecule has 3 unspecified atom stereocenters. The van der Waals surface area contributed by atoms with E-state index in [1.807, 2.05) is 11.8 Å². The number of carbonyl (C=O) groups is 1. The molecule has 1 saturated carbocycles. The number of thioether (sulfide) groups is 1. The molecule has 0 bridgehead atoms. The minimum Gasteiger partial charge on any atom is -0.396 e. The lowest BCUT2D eigenvalue weighted by Gasteiger charge is -2.32. The minimum absolute atomic E-state index is 0.0425. The van der Waals surface area contributed by atoms with E-state index in [1.165, 1.54) is 19.3 Å². The van der Waals surface area contributed by atoms with E-state index in [1.54, 1.807) is 0 Å². The highest BCUT2D eigenvalue weighted by Crippen LogP contribution is 2.28. The lowest BCUT2D eigenvalue weighted by atomic mass is 9.95. The molecule has 5 heteroatoms. The van der Waals surface area contributed by atoms with Gasteiger partial charge in [-0.25, -0.2) is 4.79 Å². The van der Waals surface area contributed by atoms with Crippen molar-refractivity contribution in [3.8, 4) is 0 Å². The summed E-state index contributed by atoms with van der Waals surface area (Å²) < 4.78 is 0. The van der Waals surface area contributed by atoms with Gasteiger partial charge in [-0.2, -0.15) is 11.8 Å². The zero-order valence-corrected chi connectivity index (χ0v) is 13.8. The molecule has 1 rings (SSSR count). The third kappa shape index (κ3) is 5.92. The van der Waals surface area contributed by atoms with E-state index in [-0.39, 0.29) is 24.7 Å². The van der Waals surface area contributed by atoms with E-state index in [4.69, 9.17) is 5.11 Å². The molecule has 0 aromatic rings. The van der Waals surface area contributed by atoms with E-state index >= 15 is 0 Å². The largest absolute Gasteiger partial charge is 0.396 e. The smallest absolute Gasteiger partial charge is 0.315 e. The Balaban J connectivity index is 2.46. The van der Waals surface area contributed by atoms with Gasteiger partial charge in [0.2, 0.25) is 0 Å². The third-order valence-electron chi connectivity index (χ3n) is 3.96.